The Hall–Kier alpha value is -3.90. The number of Topliss-reactive ketones (excluding diaryl/α,β-unsaturated/α-hetero) is 1. The van der Waals surface area contributed by atoms with Crippen molar-refractivity contribution in [2.75, 3.05) is 13.2 Å². The van der Waals surface area contributed by atoms with E-state index in [1.165, 1.54) is 17.9 Å². The summed E-state index contributed by atoms with van der Waals surface area (Å²) in [7, 11) is 0. The third-order valence-corrected chi connectivity index (χ3v) is 6.62. The molecule has 37 heavy (non-hydrogen) atoms. The molecule has 1 aromatic rings. The lowest BCUT2D eigenvalue weighted by atomic mass is 9.86. The second-order valence-electron chi connectivity index (χ2n) is 9.22. The summed E-state index contributed by atoms with van der Waals surface area (Å²) in [5.74, 6) is -7.62. The minimum absolute atomic E-state index is 0.0334. The molecule has 1 aromatic carbocycles. The number of oxime groups is 1. The molecule has 3 aliphatic heterocycles. The van der Waals surface area contributed by atoms with Gasteiger partial charge in [-0.25, -0.2) is 17.6 Å². The molecule has 2 amide bonds. The van der Waals surface area contributed by atoms with Gasteiger partial charge >= 0.3 is 0 Å². The van der Waals surface area contributed by atoms with Crippen molar-refractivity contribution in [1.29, 1.82) is 0 Å². The van der Waals surface area contributed by atoms with Crippen LogP contribution in [0.15, 0.2) is 40.4 Å². The molecule has 3 heterocycles. The molecule has 3 aliphatic rings. The van der Waals surface area contributed by atoms with Gasteiger partial charge in [0.1, 0.15) is 35.4 Å². The molecule has 198 valence electrons. The molecule has 0 aromatic heterocycles. The first-order chi connectivity index (χ1) is 17.5. The topological polar surface area (TPSA) is 120 Å². The molecule has 3 bridgehead atoms. The van der Waals surface area contributed by atoms with Crippen LogP contribution >= 0.6 is 0 Å². The molecule has 1 spiro atoms. The number of allylic oxidation sites excluding steroid dienone is 1. The maximum absolute atomic E-state index is 14.0. The highest BCUT2D eigenvalue weighted by Gasteiger charge is 2.54. The summed E-state index contributed by atoms with van der Waals surface area (Å²) in [5.41, 5.74) is -3.11. The zero-order chi connectivity index (χ0) is 27.1. The van der Waals surface area contributed by atoms with Crippen molar-refractivity contribution in [2.45, 2.75) is 50.9 Å². The third-order valence-electron chi connectivity index (χ3n) is 6.62. The van der Waals surface area contributed by atoms with Crippen molar-refractivity contribution in [2.24, 2.45) is 5.16 Å². The van der Waals surface area contributed by atoms with Crippen LogP contribution < -0.4 is 10.6 Å². The predicted octanol–water partition coefficient (Wildman–Crippen LogP) is 2.08. The van der Waals surface area contributed by atoms with E-state index in [4.69, 9.17) is 4.84 Å². The number of nitrogens with one attached hydrogen (secondary N) is 2. The van der Waals surface area contributed by atoms with Crippen LogP contribution in [0.5, 0.6) is 0 Å². The van der Waals surface area contributed by atoms with Crippen molar-refractivity contribution >= 4 is 23.3 Å². The number of ketones is 1. The molecule has 0 aliphatic carbocycles. The lowest BCUT2D eigenvalue weighted by Crippen LogP contribution is -2.65. The summed E-state index contributed by atoms with van der Waals surface area (Å²) < 4.78 is 54.3. The number of hydrogen-bond acceptors (Lipinski definition) is 7. The quantitative estimate of drug-likeness (QED) is 0.227. The van der Waals surface area contributed by atoms with E-state index in [-0.39, 0.29) is 24.7 Å². The van der Waals surface area contributed by atoms with E-state index in [1.807, 2.05) is 0 Å². The zero-order valence-electron chi connectivity index (χ0n) is 19.9. The van der Waals surface area contributed by atoms with Crippen molar-refractivity contribution in [3.8, 4) is 0 Å². The molecule has 2 saturated heterocycles. The monoisotopic (exact) mass is 524 g/mol. The molecular formula is C24H24F4N4O5. The van der Waals surface area contributed by atoms with Crippen LogP contribution in [0.2, 0.25) is 0 Å². The summed E-state index contributed by atoms with van der Waals surface area (Å²) in [4.78, 5) is 46.2. The Balaban J connectivity index is 1.75. The Morgan fingerprint density at radius 2 is 1.95 bits per heavy atom. The first-order valence-electron chi connectivity index (χ1n) is 11.4. The van der Waals surface area contributed by atoms with Gasteiger partial charge in [-0.15, -0.1) is 0 Å². The molecule has 3 atom stereocenters. The molecule has 3 unspecified atom stereocenters. The molecule has 2 fully saturated rings. The molecular weight excluding hydrogens is 500 g/mol. The van der Waals surface area contributed by atoms with E-state index in [2.05, 4.69) is 15.8 Å². The second kappa shape index (κ2) is 9.87. The van der Waals surface area contributed by atoms with Gasteiger partial charge in [-0.2, -0.15) is 0 Å². The van der Waals surface area contributed by atoms with Crippen LogP contribution in [0.3, 0.4) is 0 Å². The van der Waals surface area contributed by atoms with Crippen LogP contribution in [0.1, 0.15) is 32.3 Å². The number of aliphatic hydroxyl groups excluding tert-OH is 1. The number of hydrogen-bond donors (Lipinski definition) is 3. The van der Waals surface area contributed by atoms with Gasteiger partial charge in [0, 0.05) is 30.3 Å². The van der Waals surface area contributed by atoms with Crippen molar-refractivity contribution in [3.63, 3.8) is 0 Å². The van der Waals surface area contributed by atoms with Crippen LogP contribution in [-0.4, -0.2) is 64.2 Å². The average Bonchev–Trinajstić information content (AvgIpc) is 3.02. The number of rotatable bonds is 6. The number of carbonyl (C=O) groups is 3. The van der Waals surface area contributed by atoms with Crippen LogP contribution in [0.25, 0.3) is 0 Å². The SMILES string of the molecule is C/C(CF)=N\OC1CCC(C)N2CC13C=C(C(=O)NCc1c(F)cc(F)cc1F)C(=O)C(O)=C(N3)C2=O. The second-order valence-corrected chi connectivity index (χ2v) is 9.22. The average molecular weight is 524 g/mol. The highest BCUT2D eigenvalue weighted by Crippen LogP contribution is 2.37. The van der Waals surface area contributed by atoms with Crippen LogP contribution in [0.4, 0.5) is 17.6 Å². The van der Waals surface area contributed by atoms with E-state index in [0.717, 1.165) is 0 Å². The number of fused-ring (bicyclic) bond motifs is 2. The fraction of sp³-hybridized carbons (Fsp3) is 0.417. The van der Waals surface area contributed by atoms with E-state index in [1.54, 1.807) is 6.92 Å². The van der Waals surface area contributed by atoms with Gasteiger partial charge in [-0.3, -0.25) is 14.4 Å². The third kappa shape index (κ3) is 4.77. The Morgan fingerprint density at radius 3 is 2.59 bits per heavy atom. The number of aliphatic hydroxyl groups is 1. The number of halogens is 4. The Kier molecular flexibility index (Phi) is 6.98. The smallest absolute Gasteiger partial charge is 0.274 e. The molecule has 0 radical (unpaired) electrons. The number of nitrogens with zero attached hydrogens (tertiary/aromatic N) is 2. The predicted molar refractivity (Wildman–Crippen MR) is 121 cm³/mol. The number of piperazine rings is 1. The van der Waals surface area contributed by atoms with Crippen LogP contribution in [-0.2, 0) is 25.8 Å². The molecule has 4 rings (SSSR count). The standard InChI is InChI=1S/C24H24F4N4O5/c1-11(8-25)31-37-18-4-3-12(2)32-10-24(18)7-14(20(33)21(34)19(30-24)23(32)36)22(35)29-9-15-16(27)5-13(26)6-17(15)28/h5-7,12,18,30,34H,3-4,8-10H2,1-2H3,(H,29,35)/b31-11+. The van der Waals surface area contributed by atoms with E-state index in [9.17, 15) is 37.1 Å². The van der Waals surface area contributed by atoms with Gasteiger partial charge in [-0.1, -0.05) is 5.16 Å². The lowest BCUT2D eigenvalue weighted by molar-refractivity contribution is -0.134. The Labute approximate surface area is 208 Å². The minimum Gasteiger partial charge on any atom is -0.503 e. The fourth-order valence-electron chi connectivity index (χ4n) is 4.56. The van der Waals surface area contributed by atoms with Crippen molar-refractivity contribution in [1.82, 2.24) is 15.5 Å². The van der Waals surface area contributed by atoms with Gasteiger partial charge in [0.2, 0.25) is 5.78 Å². The normalized spacial score (nSPS) is 25.7. The first kappa shape index (κ1) is 26.2. The largest absolute Gasteiger partial charge is 0.503 e. The minimum atomic E-state index is -1.44. The van der Waals surface area contributed by atoms with Gasteiger partial charge in [0.15, 0.2) is 11.9 Å². The number of alkyl halides is 1. The number of benzene rings is 1. The molecule has 0 saturated carbocycles. The Bertz CT molecular complexity index is 1240. The summed E-state index contributed by atoms with van der Waals surface area (Å²) >= 11 is 0. The van der Waals surface area contributed by atoms with Gasteiger partial charge in [-0.05, 0) is 32.8 Å². The van der Waals surface area contributed by atoms with Gasteiger partial charge in [0.05, 0.1) is 17.8 Å². The first-order valence-corrected chi connectivity index (χ1v) is 11.4. The Morgan fingerprint density at radius 1 is 1.27 bits per heavy atom. The van der Waals surface area contributed by atoms with E-state index >= 15 is 0 Å². The van der Waals surface area contributed by atoms with Gasteiger partial charge < -0.3 is 25.5 Å². The van der Waals surface area contributed by atoms with Crippen molar-refractivity contribution < 1.29 is 41.9 Å². The highest BCUT2D eigenvalue weighted by molar-refractivity contribution is 6.26. The molecule has 9 nitrogen and oxygen atoms in total. The molecule has 13 heteroatoms. The number of amides is 2. The van der Waals surface area contributed by atoms with E-state index < -0.39 is 82.5 Å². The number of carbonyl (C=O) groups excluding carboxylic acids is 3. The summed E-state index contributed by atoms with van der Waals surface area (Å²) in [6, 6.07) is 0.551. The van der Waals surface area contributed by atoms with E-state index in [0.29, 0.717) is 18.6 Å². The maximum atomic E-state index is 14.0. The lowest BCUT2D eigenvalue weighted by Gasteiger charge is -2.44. The summed E-state index contributed by atoms with van der Waals surface area (Å²) in [5, 5.41) is 19.5. The van der Waals surface area contributed by atoms with Gasteiger partial charge in [0.25, 0.3) is 11.8 Å². The fourth-order valence-corrected chi connectivity index (χ4v) is 4.56. The van der Waals surface area contributed by atoms with Crippen molar-refractivity contribution in [3.05, 3.63) is 58.3 Å². The summed E-state index contributed by atoms with van der Waals surface area (Å²) in [6.07, 6.45) is 0.997. The summed E-state index contributed by atoms with van der Waals surface area (Å²) in [6.45, 7) is 1.48. The molecule has 3 N–H and O–H groups in total. The maximum Gasteiger partial charge on any atom is 0.274 e. The zero-order valence-corrected chi connectivity index (χ0v) is 19.9. The van der Waals surface area contributed by atoms with Crippen LogP contribution in [0, 0.1) is 17.5 Å². The highest BCUT2D eigenvalue weighted by atomic mass is 19.1.